The van der Waals surface area contributed by atoms with Gasteiger partial charge < -0.3 is 24.9 Å². The third-order valence-electron chi connectivity index (χ3n) is 2.87. The molecule has 5 N–H and O–H groups in total. The van der Waals surface area contributed by atoms with E-state index < -0.39 is 20.2 Å². The highest BCUT2D eigenvalue weighted by Crippen LogP contribution is 2.73. The molecule has 2 rings (SSSR count). The third kappa shape index (κ3) is 2.58. The maximum absolute atomic E-state index is 11.8. The van der Waals surface area contributed by atoms with Gasteiger partial charge in [0, 0.05) is 4.70 Å². The van der Waals surface area contributed by atoms with Crippen LogP contribution in [0.5, 0.6) is 0 Å². The molecule has 1 heterocycles. The van der Waals surface area contributed by atoms with Gasteiger partial charge in [0.05, 0.1) is 4.88 Å². The first kappa shape index (κ1) is 16.3. The quantitative estimate of drug-likeness (QED) is 0.401. The fraction of sp³-hybridized carbons (Fsp3) is 0.100. The average molecular weight is 351 g/mol. The first-order chi connectivity index (χ1) is 9.63. The maximum atomic E-state index is 11.8. The van der Waals surface area contributed by atoms with Gasteiger partial charge in [-0.3, -0.25) is 13.9 Å². The molecule has 0 aliphatic rings. The lowest BCUT2D eigenvalue weighted by Gasteiger charge is -2.32. The number of carbonyl (C=O) groups is 1. The van der Waals surface area contributed by atoms with Crippen molar-refractivity contribution < 1.29 is 33.5 Å². The standard InChI is InChI=1S/C10H11NO7P2S/c12-6-11-10(19(13,14)15,20(16,17)18)9-5-7-3-1-2-4-8(7)21-9/h1-6H,(H,11,12)(H2,13,14,15)(H2,16,17,18). The van der Waals surface area contributed by atoms with Crippen molar-refractivity contribution in [3.63, 3.8) is 0 Å². The summed E-state index contributed by atoms with van der Waals surface area (Å²) in [5.74, 6) is 0. The lowest BCUT2D eigenvalue weighted by Crippen LogP contribution is -2.40. The van der Waals surface area contributed by atoms with Gasteiger partial charge in [-0.1, -0.05) is 18.2 Å². The van der Waals surface area contributed by atoms with Crippen LogP contribution in [0.1, 0.15) is 4.88 Å². The SMILES string of the molecule is O=CNC(c1cc2ccccc2s1)(P(=O)(O)O)P(=O)(O)O. The van der Waals surface area contributed by atoms with Gasteiger partial charge in [-0.15, -0.1) is 11.3 Å². The molecule has 0 aliphatic carbocycles. The van der Waals surface area contributed by atoms with Gasteiger partial charge in [-0.2, -0.15) is 0 Å². The topological polar surface area (TPSA) is 144 Å². The van der Waals surface area contributed by atoms with E-state index >= 15 is 0 Å². The lowest BCUT2D eigenvalue weighted by atomic mass is 10.2. The number of hydrogen-bond acceptors (Lipinski definition) is 4. The monoisotopic (exact) mass is 351 g/mol. The number of fused-ring (bicyclic) bond motifs is 1. The number of amides is 1. The van der Waals surface area contributed by atoms with Crippen molar-refractivity contribution in [3.05, 3.63) is 35.2 Å². The van der Waals surface area contributed by atoms with Gasteiger partial charge >= 0.3 is 15.2 Å². The Hall–Kier alpha value is -1.05. The maximum Gasteiger partial charge on any atom is 0.368 e. The van der Waals surface area contributed by atoms with Crippen LogP contribution in [0.25, 0.3) is 10.1 Å². The van der Waals surface area contributed by atoms with Crippen molar-refractivity contribution in [1.29, 1.82) is 0 Å². The Kier molecular flexibility index (Phi) is 4.12. The Labute approximate surface area is 122 Å². The minimum absolute atomic E-state index is 0.136. The van der Waals surface area contributed by atoms with E-state index in [-0.39, 0.29) is 11.3 Å². The van der Waals surface area contributed by atoms with Crippen LogP contribution in [0.2, 0.25) is 0 Å². The van der Waals surface area contributed by atoms with Crippen LogP contribution in [-0.2, 0) is 18.9 Å². The van der Waals surface area contributed by atoms with E-state index in [9.17, 15) is 33.5 Å². The Morgan fingerprint density at radius 1 is 1.10 bits per heavy atom. The summed E-state index contributed by atoms with van der Waals surface area (Å²) >= 11 is 0.792. The molecule has 0 unspecified atom stereocenters. The van der Waals surface area contributed by atoms with Crippen molar-refractivity contribution in [1.82, 2.24) is 5.32 Å². The molecular formula is C10H11NO7P2S. The second-order valence-corrected chi connectivity index (χ2v) is 9.13. The highest BCUT2D eigenvalue weighted by atomic mass is 32.1. The number of thiophene rings is 1. The normalized spacial score (nSPS) is 13.3. The van der Waals surface area contributed by atoms with Crippen LogP contribution in [0, 0.1) is 0 Å². The van der Waals surface area contributed by atoms with E-state index in [4.69, 9.17) is 0 Å². The van der Waals surface area contributed by atoms with Crippen LogP contribution in [-0.4, -0.2) is 26.0 Å². The highest BCUT2D eigenvalue weighted by molar-refractivity contribution is 7.72. The fourth-order valence-electron chi connectivity index (χ4n) is 1.93. The molecule has 0 bridgehead atoms. The van der Waals surface area contributed by atoms with Crippen LogP contribution in [0.3, 0.4) is 0 Å². The summed E-state index contributed by atoms with van der Waals surface area (Å²) in [7, 11) is -10.8. The van der Waals surface area contributed by atoms with Crippen LogP contribution in [0.15, 0.2) is 30.3 Å². The van der Waals surface area contributed by atoms with Gasteiger partial charge in [0.15, 0.2) is 0 Å². The second-order valence-electron chi connectivity index (χ2n) is 4.17. The number of carbonyl (C=O) groups excluding carboxylic acids is 1. The molecule has 11 heteroatoms. The predicted molar refractivity (Wildman–Crippen MR) is 76.8 cm³/mol. The Morgan fingerprint density at radius 3 is 2.14 bits per heavy atom. The zero-order valence-corrected chi connectivity index (χ0v) is 12.9. The number of rotatable bonds is 5. The smallest absolute Gasteiger partial charge is 0.328 e. The van der Waals surface area contributed by atoms with Crippen LogP contribution < -0.4 is 5.32 Å². The molecule has 0 fully saturated rings. The van der Waals surface area contributed by atoms with E-state index in [1.54, 1.807) is 29.6 Å². The Morgan fingerprint density at radius 2 is 1.67 bits per heavy atom. The Bertz CT molecular complexity index is 722. The summed E-state index contributed by atoms with van der Waals surface area (Å²) in [6, 6.07) is 7.85. The lowest BCUT2D eigenvalue weighted by molar-refractivity contribution is -0.110. The third-order valence-corrected chi connectivity index (χ3v) is 8.40. The van der Waals surface area contributed by atoms with E-state index in [0.29, 0.717) is 10.1 Å². The van der Waals surface area contributed by atoms with Gasteiger partial charge in [0.2, 0.25) is 6.41 Å². The molecule has 114 valence electrons. The molecule has 0 radical (unpaired) electrons. The van der Waals surface area contributed by atoms with Crippen molar-refractivity contribution in [2.24, 2.45) is 0 Å². The molecule has 0 aliphatic heterocycles. The molecule has 0 spiro atoms. The van der Waals surface area contributed by atoms with Crippen LogP contribution >= 0.6 is 26.5 Å². The first-order valence-electron chi connectivity index (χ1n) is 5.45. The van der Waals surface area contributed by atoms with Crippen molar-refractivity contribution in [2.45, 2.75) is 5.02 Å². The zero-order valence-electron chi connectivity index (χ0n) is 10.3. The molecule has 0 saturated heterocycles. The first-order valence-corrected chi connectivity index (χ1v) is 9.49. The molecule has 8 nitrogen and oxygen atoms in total. The summed E-state index contributed by atoms with van der Waals surface area (Å²) < 4.78 is 24.1. The molecular weight excluding hydrogens is 340 g/mol. The number of nitrogens with one attached hydrogen (secondary N) is 1. The summed E-state index contributed by atoms with van der Waals surface area (Å²) in [4.78, 5) is 48.3. The summed E-state index contributed by atoms with van der Waals surface area (Å²) in [5, 5.41) is -0.869. The molecule has 0 atom stereocenters. The summed E-state index contributed by atoms with van der Waals surface area (Å²) in [5.41, 5.74) is 0. The largest absolute Gasteiger partial charge is 0.368 e. The van der Waals surface area contributed by atoms with E-state index in [0.717, 1.165) is 11.3 Å². The number of hydrogen-bond donors (Lipinski definition) is 5. The van der Waals surface area contributed by atoms with E-state index in [1.807, 2.05) is 0 Å². The van der Waals surface area contributed by atoms with Crippen molar-refractivity contribution in [2.75, 3.05) is 0 Å². The van der Waals surface area contributed by atoms with E-state index in [2.05, 4.69) is 0 Å². The van der Waals surface area contributed by atoms with Gasteiger partial charge in [-0.25, -0.2) is 0 Å². The second kappa shape index (κ2) is 5.30. The molecule has 21 heavy (non-hydrogen) atoms. The molecule has 1 aromatic carbocycles. The van der Waals surface area contributed by atoms with Crippen molar-refractivity contribution in [3.8, 4) is 0 Å². The summed E-state index contributed by atoms with van der Waals surface area (Å²) in [6.45, 7) is 0. The van der Waals surface area contributed by atoms with Crippen molar-refractivity contribution >= 4 is 43.0 Å². The highest BCUT2D eigenvalue weighted by Gasteiger charge is 2.63. The predicted octanol–water partition coefficient (Wildman–Crippen LogP) is 1.11. The number of benzene rings is 1. The van der Waals surface area contributed by atoms with E-state index in [1.165, 1.54) is 6.07 Å². The summed E-state index contributed by atoms with van der Waals surface area (Å²) in [6.07, 6.45) is -0.136. The van der Waals surface area contributed by atoms with Crippen LogP contribution in [0.4, 0.5) is 0 Å². The minimum Gasteiger partial charge on any atom is -0.328 e. The molecule has 1 aromatic heterocycles. The van der Waals surface area contributed by atoms with Gasteiger partial charge in [0.25, 0.3) is 5.02 Å². The van der Waals surface area contributed by atoms with Gasteiger partial charge in [0.1, 0.15) is 0 Å². The molecule has 1 amide bonds. The minimum atomic E-state index is -5.42. The Balaban J connectivity index is 2.83. The zero-order chi connectivity index (χ0) is 15.9. The molecule has 0 saturated carbocycles. The average Bonchev–Trinajstić information content (AvgIpc) is 2.76. The molecule has 2 aromatic rings. The fourth-order valence-corrected chi connectivity index (χ4v) is 6.44. The van der Waals surface area contributed by atoms with Gasteiger partial charge in [-0.05, 0) is 17.5 Å².